The highest BCUT2D eigenvalue weighted by molar-refractivity contribution is 9.10. The van der Waals surface area contributed by atoms with Gasteiger partial charge in [-0.2, -0.15) is 5.26 Å². The lowest BCUT2D eigenvalue weighted by atomic mass is 10.0. The maximum atomic E-state index is 11.2. The SMILES string of the molecule is COC(=O)[C@H](C#N)c1ccc(Br)cc1. The Morgan fingerprint density at radius 3 is 2.50 bits per heavy atom. The molecule has 1 aromatic rings. The van der Waals surface area contributed by atoms with E-state index in [0.29, 0.717) is 5.56 Å². The van der Waals surface area contributed by atoms with E-state index in [1.807, 2.05) is 6.07 Å². The standard InChI is InChI=1S/C10H8BrNO2/c1-14-10(13)9(6-12)7-2-4-8(11)5-3-7/h2-5,9H,1H3/t9-/m1/s1. The zero-order chi connectivity index (χ0) is 10.6. The highest BCUT2D eigenvalue weighted by Gasteiger charge is 2.20. The van der Waals surface area contributed by atoms with E-state index in [4.69, 9.17) is 5.26 Å². The molecule has 0 saturated carbocycles. The van der Waals surface area contributed by atoms with Gasteiger partial charge in [0.2, 0.25) is 0 Å². The van der Waals surface area contributed by atoms with Gasteiger partial charge in [0.05, 0.1) is 13.2 Å². The molecule has 0 bridgehead atoms. The third kappa shape index (κ3) is 2.33. The first kappa shape index (κ1) is 10.7. The van der Waals surface area contributed by atoms with Crippen LogP contribution in [0.1, 0.15) is 11.5 Å². The lowest BCUT2D eigenvalue weighted by molar-refractivity contribution is -0.140. The molecule has 1 aromatic carbocycles. The van der Waals surface area contributed by atoms with Crippen molar-refractivity contribution in [3.05, 3.63) is 34.3 Å². The number of hydrogen-bond acceptors (Lipinski definition) is 3. The molecule has 0 saturated heterocycles. The number of methoxy groups -OCH3 is 1. The van der Waals surface area contributed by atoms with E-state index in [-0.39, 0.29) is 0 Å². The van der Waals surface area contributed by atoms with Crippen LogP contribution in [-0.4, -0.2) is 13.1 Å². The Hall–Kier alpha value is -1.34. The third-order valence-corrected chi connectivity index (χ3v) is 2.30. The van der Waals surface area contributed by atoms with Gasteiger partial charge in [-0.25, -0.2) is 0 Å². The van der Waals surface area contributed by atoms with E-state index in [1.165, 1.54) is 7.11 Å². The summed E-state index contributed by atoms with van der Waals surface area (Å²) in [7, 11) is 1.27. The number of carbonyl (C=O) groups excluding carboxylic acids is 1. The minimum absolute atomic E-state index is 0.533. The van der Waals surface area contributed by atoms with Gasteiger partial charge < -0.3 is 4.74 Å². The summed E-state index contributed by atoms with van der Waals surface area (Å²) in [4.78, 5) is 11.2. The number of nitriles is 1. The monoisotopic (exact) mass is 253 g/mol. The molecular formula is C10H8BrNO2. The number of carbonyl (C=O) groups is 1. The molecule has 0 aliphatic carbocycles. The predicted octanol–water partition coefficient (Wildman–Crippen LogP) is 2.23. The Morgan fingerprint density at radius 2 is 2.07 bits per heavy atom. The largest absolute Gasteiger partial charge is 0.468 e. The summed E-state index contributed by atoms with van der Waals surface area (Å²) in [6, 6.07) is 8.89. The number of rotatable bonds is 2. The average molecular weight is 254 g/mol. The Balaban J connectivity index is 2.97. The molecule has 0 radical (unpaired) electrons. The fourth-order valence-corrected chi connectivity index (χ4v) is 1.30. The highest BCUT2D eigenvalue weighted by Crippen LogP contribution is 2.19. The average Bonchev–Trinajstić information content (AvgIpc) is 2.21. The molecule has 0 aromatic heterocycles. The lowest BCUT2D eigenvalue weighted by Gasteiger charge is -2.06. The first-order chi connectivity index (χ1) is 6.69. The van der Waals surface area contributed by atoms with Crippen molar-refractivity contribution in [1.82, 2.24) is 0 Å². The molecule has 0 N–H and O–H groups in total. The van der Waals surface area contributed by atoms with Crippen LogP contribution in [0.3, 0.4) is 0 Å². The maximum absolute atomic E-state index is 11.2. The van der Waals surface area contributed by atoms with Crippen LogP contribution in [-0.2, 0) is 9.53 Å². The van der Waals surface area contributed by atoms with Crippen molar-refractivity contribution in [3.8, 4) is 6.07 Å². The van der Waals surface area contributed by atoms with Crippen molar-refractivity contribution in [2.24, 2.45) is 0 Å². The van der Waals surface area contributed by atoms with E-state index in [1.54, 1.807) is 24.3 Å². The molecule has 0 unspecified atom stereocenters. The second-order valence-electron chi connectivity index (χ2n) is 2.64. The molecule has 0 heterocycles. The van der Waals surface area contributed by atoms with Crippen LogP contribution >= 0.6 is 15.9 Å². The number of esters is 1. The third-order valence-electron chi connectivity index (χ3n) is 1.77. The summed E-state index contributed by atoms with van der Waals surface area (Å²) >= 11 is 3.27. The minimum Gasteiger partial charge on any atom is -0.468 e. The van der Waals surface area contributed by atoms with Crippen molar-refractivity contribution >= 4 is 21.9 Å². The van der Waals surface area contributed by atoms with E-state index < -0.39 is 11.9 Å². The van der Waals surface area contributed by atoms with Gasteiger partial charge in [-0.1, -0.05) is 28.1 Å². The summed E-state index contributed by atoms with van der Waals surface area (Å²) in [5.74, 6) is -1.37. The van der Waals surface area contributed by atoms with Crippen LogP contribution in [0.2, 0.25) is 0 Å². The number of hydrogen-bond donors (Lipinski definition) is 0. The molecule has 0 aliphatic heterocycles. The van der Waals surface area contributed by atoms with Gasteiger partial charge in [0.25, 0.3) is 0 Å². The number of halogens is 1. The van der Waals surface area contributed by atoms with Crippen molar-refractivity contribution in [3.63, 3.8) is 0 Å². The molecule has 14 heavy (non-hydrogen) atoms. The van der Waals surface area contributed by atoms with E-state index >= 15 is 0 Å². The molecule has 0 amide bonds. The lowest BCUT2D eigenvalue weighted by Crippen LogP contribution is -2.12. The summed E-state index contributed by atoms with van der Waals surface area (Å²) in [6.07, 6.45) is 0. The van der Waals surface area contributed by atoms with Crippen molar-refractivity contribution in [1.29, 1.82) is 5.26 Å². The van der Waals surface area contributed by atoms with Crippen LogP contribution in [0, 0.1) is 11.3 Å². The van der Waals surface area contributed by atoms with Gasteiger partial charge in [0.1, 0.15) is 0 Å². The summed E-state index contributed by atoms with van der Waals surface area (Å²) in [5.41, 5.74) is 0.641. The fraction of sp³-hybridized carbons (Fsp3) is 0.200. The quantitative estimate of drug-likeness (QED) is 0.760. The Bertz CT molecular complexity index is 367. The molecule has 1 atom stereocenters. The highest BCUT2D eigenvalue weighted by atomic mass is 79.9. The second-order valence-corrected chi connectivity index (χ2v) is 3.55. The van der Waals surface area contributed by atoms with Crippen molar-refractivity contribution in [2.75, 3.05) is 7.11 Å². The molecule has 0 aliphatic rings. The minimum atomic E-state index is -0.840. The zero-order valence-corrected chi connectivity index (χ0v) is 9.11. The van der Waals surface area contributed by atoms with Crippen LogP contribution in [0.5, 0.6) is 0 Å². The van der Waals surface area contributed by atoms with Crippen molar-refractivity contribution in [2.45, 2.75) is 5.92 Å². The van der Waals surface area contributed by atoms with Gasteiger partial charge in [0, 0.05) is 4.47 Å². The van der Waals surface area contributed by atoms with E-state index in [9.17, 15) is 4.79 Å². The van der Waals surface area contributed by atoms with Crippen molar-refractivity contribution < 1.29 is 9.53 Å². The molecule has 3 nitrogen and oxygen atoms in total. The summed E-state index contributed by atoms with van der Waals surface area (Å²) < 4.78 is 5.42. The maximum Gasteiger partial charge on any atom is 0.327 e. The Kier molecular flexibility index (Phi) is 3.66. The first-order valence-electron chi connectivity index (χ1n) is 3.92. The van der Waals surface area contributed by atoms with Crippen LogP contribution in [0.15, 0.2) is 28.7 Å². The first-order valence-corrected chi connectivity index (χ1v) is 4.71. The Labute approximate surface area is 90.4 Å². The number of benzene rings is 1. The topological polar surface area (TPSA) is 50.1 Å². The predicted molar refractivity (Wildman–Crippen MR) is 54.5 cm³/mol. The van der Waals surface area contributed by atoms with Gasteiger partial charge in [0.15, 0.2) is 5.92 Å². The number of nitrogens with zero attached hydrogens (tertiary/aromatic N) is 1. The molecule has 0 spiro atoms. The molecular weight excluding hydrogens is 246 g/mol. The van der Waals surface area contributed by atoms with Crippen LogP contribution in [0.4, 0.5) is 0 Å². The second kappa shape index (κ2) is 4.77. The molecule has 4 heteroatoms. The van der Waals surface area contributed by atoms with Crippen LogP contribution in [0.25, 0.3) is 0 Å². The van der Waals surface area contributed by atoms with Gasteiger partial charge in [-0.05, 0) is 17.7 Å². The molecule has 72 valence electrons. The summed E-state index contributed by atoms with van der Waals surface area (Å²) in [6.45, 7) is 0. The molecule has 0 fully saturated rings. The van der Waals surface area contributed by atoms with Gasteiger partial charge in [-0.3, -0.25) is 4.79 Å². The van der Waals surface area contributed by atoms with Crippen LogP contribution < -0.4 is 0 Å². The van der Waals surface area contributed by atoms with Gasteiger partial charge in [-0.15, -0.1) is 0 Å². The van der Waals surface area contributed by atoms with Gasteiger partial charge >= 0.3 is 5.97 Å². The fourth-order valence-electron chi connectivity index (χ4n) is 1.04. The Morgan fingerprint density at radius 1 is 1.50 bits per heavy atom. The smallest absolute Gasteiger partial charge is 0.327 e. The van der Waals surface area contributed by atoms with E-state index in [0.717, 1.165) is 4.47 Å². The normalized spacial score (nSPS) is 11.5. The zero-order valence-electron chi connectivity index (χ0n) is 7.53. The molecule has 1 rings (SSSR count). The number of ether oxygens (including phenoxy) is 1. The van der Waals surface area contributed by atoms with E-state index in [2.05, 4.69) is 20.7 Å². The summed E-state index contributed by atoms with van der Waals surface area (Å²) in [5, 5.41) is 8.79.